The lowest BCUT2D eigenvalue weighted by Crippen LogP contribution is -2.45. The first-order valence-corrected chi connectivity index (χ1v) is 17.4. The Labute approximate surface area is 308 Å². The van der Waals surface area contributed by atoms with Gasteiger partial charge in [0.2, 0.25) is 11.5 Å². The molecule has 3 heterocycles. The zero-order valence-corrected chi connectivity index (χ0v) is 30.6. The molecule has 11 nitrogen and oxygen atoms in total. The molecule has 1 saturated carbocycles. The van der Waals surface area contributed by atoms with Gasteiger partial charge in [-0.1, -0.05) is 55.3 Å². The number of halogens is 6. The Kier molecular flexibility index (Phi) is 11.4. The van der Waals surface area contributed by atoms with Crippen LogP contribution in [-0.4, -0.2) is 50.9 Å². The van der Waals surface area contributed by atoms with E-state index in [2.05, 4.69) is 15.2 Å². The van der Waals surface area contributed by atoms with E-state index in [0.29, 0.717) is 18.1 Å². The molecule has 4 bridgehead atoms. The first-order valence-electron chi connectivity index (χ1n) is 17.4. The molecule has 2 amide bonds. The van der Waals surface area contributed by atoms with Crippen LogP contribution in [0.25, 0.3) is 11.6 Å². The molecule has 1 fully saturated rings. The molecule has 2 atom stereocenters. The fraction of sp³-hybridized carbons (Fsp3) is 0.541. The summed E-state index contributed by atoms with van der Waals surface area (Å²) < 4.78 is 119. The number of fused-ring (bicyclic) bond motifs is 5. The number of pyridine rings is 1. The Morgan fingerprint density at radius 2 is 1.54 bits per heavy atom. The van der Waals surface area contributed by atoms with Crippen LogP contribution < -0.4 is 9.64 Å². The lowest BCUT2D eigenvalue weighted by molar-refractivity contribution is -0.299. The van der Waals surface area contributed by atoms with Gasteiger partial charge in [0, 0.05) is 6.42 Å². The molecule has 2 aliphatic rings. The highest BCUT2D eigenvalue weighted by molar-refractivity contribution is 6.11. The van der Waals surface area contributed by atoms with Crippen LogP contribution in [0.3, 0.4) is 0 Å². The third kappa shape index (κ3) is 9.89. The summed E-state index contributed by atoms with van der Waals surface area (Å²) in [6.45, 7) is 8.16. The van der Waals surface area contributed by atoms with Crippen LogP contribution in [0.1, 0.15) is 97.1 Å². The number of hydrogen-bond donors (Lipinski definition) is 0. The minimum atomic E-state index is -5.18. The van der Waals surface area contributed by atoms with Crippen molar-refractivity contribution in [1.29, 1.82) is 0 Å². The fourth-order valence-corrected chi connectivity index (χ4v) is 5.57. The summed E-state index contributed by atoms with van der Waals surface area (Å²) in [4.78, 5) is 31.6. The molecule has 294 valence electrons. The number of imide groups is 1. The number of amides is 2. The maximum atomic E-state index is 15.3. The van der Waals surface area contributed by atoms with Crippen molar-refractivity contribution in [3.05, 3.63) is 65.6 Å². The van der Waals surface area contributed by atoms with Gasteiger partial charge >= 0.3 is 24.5 Å². The molecule has 54 heavy (non-hydrogen) atoms. The Bertz CT molecular complexity index is 1800. The Hall–Kier alpha value is -4.67. The van der Waals surface area contributed by atoms with Gasteiger partial charge in [-0.15, -0.1) is 10.2 Å². The molecular formula is C37H42F6N4O7. The van der Waals surface area contributed by atoms with Crippen molar-refractivity contribution in [3.63, 3.8) is 0 Å². The maximum absolute atomic E-state index is 15.3. The molecule has 1 aliphatic carbocycles. The highest BCUT2D eigenvalue weighted by Crippen LogP contribution is 2.48. The second-order valence-corrected chi connectivity index (χ2v) is 15.2. The average Bonchev–Trinajstić information content (AvgIpc) is 3.71. The van der Waals surface area contributed by atoms with Gasteiger partial charge in [-0.2, -0.15) is 31.2 Å². The van der Waals surface area contributed by atoms with Crippen LogP contribution >= 0.6 is 0 Å². The van der Waals surface area contributed by atoms with Crippen LogP contribution in [0.15, 0.2) is 53.0 Å². The first-order chi connectivity index (χ1) is 25.1. The SMILES string of the molecule is CC(C)(C)OC(=O)N(C(=O)OC(C)(C)C)c1cc(C(F)(F)F)c2nc1-c1nnc(o1)[C@@](OCc1ccccc1)(C(F)(F)F)CCC=CCC(CC1CC1)O2. The van der Waals surface area contributed by atoms with Crippen LogP contribution in [0, 0.1) is 5.92 Å². The minimum Gasteiger partial charge on any atom is -0.474 e. The molecule has 0 N–H and O–H groups in total. The van der Waals surface area contributed by atoms with E-state index in [1.807, 2.05) is 0 Å². The van der Waals surface area contributed by atoms with Gasteiger partial charge in [0.25, 0.3) is 11.8 Å². The lowest BCUT2D eigenvalue weighted by atomic mass is 9.95. The number of anilines is 1. The molecule has 3 aromatic rings. The summed E-state index contributed by atoms with van der Waals surface area (Å²) in [5, 5.41) is 7.48. The smallest absolute Gasteiger partial charge is 0.426 e. The van der Waals surface area contributed by atoms with E-state index in [4.69, 9.17) is 23.4 Å². The van der Waals surface area contributed by atoms with Crippen molar-refractivity contribution in [2.75, 3.05) is 4.90 Å². The van der Waals surface area contributed by atoms with Crippen molar-refractivity contribution in [2.45, 2.75) is 122 Å². The van der Waals surface area contributed by atoms with Crippen molar-refractivity contribution < 1.29 is 59.3 Å². The Balaban J connectivity index is 1.78. The predicted octanol–water partition coefficient (Wildman–Crippen LogP) is 10.1. The molecule has 2 aromatic heterocycles. The molecule has 1 aromatic carbocycles. The molecule has 5 rings (SSSR count). The summed E-state index contributed by atoms with van der Waals surface area (Å²) in [5.74, 6) is -2.78. The summed E-state index contributed by atoms with van der Waals surface area (Å²) in [6.07, 6.45) is -10.1. The van der Waals surface area contributed by atoms with Crippen molar-refractivity contribution >= 4 is 17.9 Å². The monoisotopic (exact) mass is 768 g/mol. The van der Waals surface area contributed by atoms with E-state index in [9.17, 15) is 22.8 Å². The van der Waals surface area contributed by atoms with Crippen LogP contribution in [0.2, 0.25) is 0 Å². The summed E-state index contributed by atoms with van der Waals surface area (Å²) in [5.41, 5.74) is -8.58. The number of carbonyl (C=O) groups excluding carboxylic acids is 2. The van der Waals surface area contributed by atoms with Gasteiger partial charge < -0.3 is 23.4 Å². The van der Waals surface area contributed by atoms with E-state index in [1.54, 1.807) is 30.3 Å². The standard InChI is InChI=1S/C37H42F6N4O7/c1-33(2,3)53-31(48)47(32(49)54-34(4,5)6)26-20-25(36(38,39)40)28-44-27(26)29-45-46-30(52-29)35(37(41,42)43,50-21-23-13-9-7-10-14-23)18-12-8-11-15-24(51-28)19-22-16-17-22/h7-11,13-14,20,22,24H,12,15-19,21H2,1-6H3/t24?,35-/m1/s1. The number of alkyl halides is 6. The zero-order valence-electron chi connectivity index (χ0n) is 30.6. The van der Waals surface area contributed by atoms with Crippen LogP contribution in [-0.2, 0) is 32.6 Å². The molecule has 1 aliphatic heterocycles. The first kappa shape index (κ1) is 40.5. The summed E-state index contributed by atoms with van der Waals surface area (Å²) >= 11 is 0. The van der Waals surface area contributed by atoms with E-state index >= 15 is 13.2 Å². The predicted molar refractivity (Wildman–Crippen MR) is 181 cm³/mol. The average molecular weight is 769 g/mol. The highest BCUT2D eigenvalue weighted by Gasteiger charge is 2.61. The van der Waals surface area contributed by atoms with Gasteiger partial charge in [0.15, 0.2) is 5.69 Å². The molecule has 0 saturated heterocycles. The topological polar surface area (TPSA) is 126 Å². The number of nitrogens with zero attached hydrogens (tertiary/aromatic N) is 4. The number of allylic oxidation sites excluding steroid dienone is 1. The van der Waals surface area contributed by atoms with E-state index < -0.39 is 95.1 Å². The number of hydrogen-bond acceptors (Lipinski definition) is 10. The third-order valence-corrected chi connectivity index (χ3v) is 8.23. The molecule has 17 heteroatoms. The second kappa shape index (κ2) is 15.2. The van der Waals surface area contributed by atoms with Gasteiger partial charge in [-0.25, -0.2) is 14.6 Å². The normalized spacial score (nSPS) is 19.7. The van der Waals surface area contributed by atoms with Crippen molar-refractivity contribution in [2.24, 2.45) is 5.92 Å². The Morgan fingerprint density at radius 3 is 2.09 bits per heavy atom. The number of rotatable bonds is 6. The quantitative estimate of drug-likeness (QED) is 0.177. The van der Waals surface area contributed by atoms with E-state index in [-0.39, 0.29) is 23.7 Å². The van der Waals surface area contributed by atoms with E-state index in [0.717, 1.165) is 12.8 Å². The van der Waals surface area contributed by atoms with Gasteiger partial charge in [0.05, 0.1) is 12.3 Å². The molecule has 0 radical (unpaired) electrons. The lowest BCUT2D eigenvalue weighted by Gasteiger charge is -2.32. The zero-order chi connectivity index (χ0) is 39.7. The van der Waals surface area contributed by atoms with Crippen molar-refractivity contribution in [3.8, 4) is 17.5 Å². The Morgan fingerprint density at radius 1 is 0.907 bits per heavy atom. The molecular weight excluding hydrogens is 726 g/mol. The largest absolute Gasteiger partial charge is 0.474 e. The summed E-state index contributed by atoms with van der Waals surface area (Å²) in [6, 6.07) is 8.45. The van der Waals surface area contributed by atoms with Gasteiger partial charge in [0.1, 0.15) is 22.9 Å². The number of ether oxygens (including phenoxy) is 4. The molecule has 1 unspecified atom stereocenters. The van der Waals surface area contributed by atoms with Crippen LogP contribution in [0.5, 0.6) is 5.88 Å². The number of benzene rings is 1. The summed E-state index contributed by atoms with van der Waals surface area (Å²) in [7, 11) is 0. The number of aromatic nitrogens is 3. The number of carbonyl (C=O) groups is 2. The van der Waals surface area contributed by atoms with E-state index in [1.165, 1.54) is 53.7 Å². The second-order valence-electron chi connectivity index (χ2n) is 15.2. The minimum absolute atomic E-state index is 0.0385. The maximum Gasteiger partial charge on any atom is 0.426 e. The van der Waals surface area contributed by atoms with Gasteiger partial charge in [-0.05, 0) is 78.4 Å². The highest BCUT2D eigenvalue weighted by atomic mass is 19.4. The third-order valence-electron chi connectivity index (χ3n) is 8.23. The van der Waals surface area contributed by atoms with Crippen molar-refractivity contribution in [1.82, 2.24) is 15.2 Å². The van der Waals surface area contributed by atoms with Crippen LogP contribution in [0.4, 0.5) is 41.6 Å². The van der Waals surface area contributed by atoms with Gasteiger partial charge in [-0.3, -0.25) is 0 Å². The molecule has 0 spiro atoms. The fourth-order valence-electron chi connectivity index (χ4n) is 5.57.